The summed E-state index contributed by atoms with van der Waals surface area (Å²) in [6.07, 6.45) is 3.29. The van der Waals surface area contributed by atoms with E-state index in [2.05, 4.69) is 51.2 Å². The summed E-state index contributed by atoms with van der Waals surface area (Å²) >= 11 is 0. The minimum atomic E-state index is -0.152. The molecule has 7 heteroatoms. The minimum absolute atomic E-state index is 0.152. The second kappa shape index (κ2) is 10.4. The van der Waals surface area contributed by atoms with Crippen LogP contribution in [0.25, 0.3) is 0 Å². The average molecular weight is 405 g/mol. The number of benzene rings is 2. The number of nitrogens with two attached hydrogens (primary N) is 1. The maximum atomic E-state index is 12.7. The molecule has 0 fully saturated rings. The number of imidazole rings is 1. The second-order valence-corrected chi connectivity index (χ2v) is 6.90. The zero-order chi connectivity index (χ0) is 21.3. The Morgan fingerprint density at radius 3 is 2.60 bits per heavy atom. The van der Waals surface area contributed by atoms with Crippen LogP contribution < -0.4 is 11.1 Å². The lowest BCUT2D eigenvalue weighted by Crippen LogP contribution is -2.26. The fraction of sp³-hybridized carbons (Fsp3) is 0.261. The standard InChI is InChI=1S/C23H28N6O/c1-3-29(4-2)16-19-9-6-5-8-18(19)15-27-23(30)17-10-7-11-20(14-17)28-21(24)22-25-12-13-26-22/h5-14H,3-4,15-16H2,1-2H3,(H2,24,28)(H,25,26)(H,27,30). The van der Waals surface area contributed by atoms with Gasteiger partial charge in [0.2, 0.25) is 0 Å². The third-order valence-corrected chi connectivity index (χ3v) is 4.94. The van der Waals surface area contributed by atoms with Crippen molar-refractivity contribution in [2.45, 2.75) is 26.9 Å². The third-order valence-electron chi connectivity index (χ3n) is 4.94. The van der Waals surface area contributed by atoms with Gasteiger partial charge in [-0.25, -0.2) is 9.98 Å². The number of H-pyrrole nitrogens is 1. The van der Waals surface area contributed by atoms with E-state index in [1.54, 1.807) is 36.7 Å². The molecule has 0 bridgehead atoms. The van der Waals surface area contributed by atoms with Gasteiger partial charge in [0.25, 0.3) is 5.91 Å². The molecule has 0 spiro atoms. The van der Waals surface area contributed by atoms with Crippen molar-refractivity contribution in [2.24, 2.45) is 10.7 Å². The zero-order valence-electron chi connectivity index (χ0n) is 17.4. The van der Waals surface area contributed by atoms with Crippen LogP contribution in [-0.4, -0.2) is 39.7 Å². The first kappa shape index (κ1) is 21.3. The summed E-state index contributed by atoms with van der Waals surface area (Å²) in [6, 6.07) is 15.3. The van der Waals surface area contributed by atoms with Gasteiger partial charge in [-0.15, -0.1) is 0 Å². The Morgan fingerprint density at radius 1 is 1.13 bits per heavy atom. The summed E-state index contributed by atoms with van der Waals surface area (Å²) in [5.74, 6) is 0.610. The Kier molecular flexibility index (Phi) is 7.34. The molecule has 0 saturated heterocycles. The molecule has 0 radical (unpaired) electrons. The van der Waals surface area contributed by atoms with Gasteiger partial charge in [0.05, 0.1) is 5.69 Å². The van der Waals surface area contributed by atoms with Crippen molar-refractivity contribution in [3.05, 3.63) is 83.4 Å². The maximum absolute atomic E-state index is 12.7. The van der Waals surface area contributed by atoms with Gasteiger partial charge in [-0.1, -0.05) is 44.2 Å². The molecule has 1 amide bonds. The first-order valence-corrected chi connectivity index (χ1v) is 10.1. The number of nitrogens with one attached hydrogen (secondary N) is 2. The topological polar surface area (TPSA) is 99.4 Å². The first-order valence-electron chi connectivity index (χ1n) is 10.1. The smallest absolute Gasteiger partial charge is 0.251 e. The number of amides is 1. The van der Waals surface area contributed by atoms with Gasteiger partial charge in [-0.2, -0.15) is 0 Å². The molecule has 1 aromatic heterocycles. The highest BCUT2D eigenvalue weighted by Gasteiger charge is 2.10. The van der Waals surface area contributed by atoms with Gasteiger partial charge in [0.15, 0.2) is 11.7 Å². The number of aromatic nitrogens is 2. The molecule has 0 saturated carbocycles. The molecule has 0 aliphatic carbocycles. The van der Waals surface area contributed by atoms with E-state index in [1.807, 2.05) is 12.1 Å². The van der Waals surface area contributed by atoms with Crippen LogP contribution in [-0.2, 0) is 13.1 Å². The molecule has 3 rings (SSSR count). The van der Waals surface area contributed by atoms with Crippen molar-refractivity contribution < 1.29 is 4.79 Å². The number of carbonyl (C=O) groups is 1. The summed E-state index contributed by atoms with van der Waals surface area (Å²) in [7, 11) is 0. The predicted octanol–water partition coefficient (Wildman–Crippen LogP) is 3.22. The summed E-state index contributed by atoms with van der Waals surface area (Å²) in [6.45, 7) is 7.63. The summed E-state index contributed by atoms with van der Waals surface area (Å²) in [5.41, 5.74) is 9.44. The highest BCUT2D eigenvalue weighted by atomic mass is 16.1. The zero-order valence-corrected chi connectivity index (χ0v) is 17.4. The molecule has 4 N–H and O–H groups in total. The molecule has 1 heterocycles. The van der Waals surface area contributed by atoms with Crippen molar-refractivity contribution >= 4 is 17.4 Å². The Balaban J connectivity index is 1.68. The average Bonchev–Trinajstić information content (AvgIpc) is 3.32. The van der Waals surface area contributed by atoms with Crippen LogP contribution in [0.1, 0.15) is 41.2 Å². The molecule has 30 heavy (non-hydrogen) atoms. The van der Waals surface area contributed by atoms with E-state index in [9.17, 15) is 4.79 Å². The van der Waals surface area contributed by atoms with Gasteiger partial charge < -0.3 is 16.0 Å². The first-order chi connectivity index (χ1) is 14.6. The number of carbonyl (C=O) groups excluding carboxylic acids is 1. The van der Waals surface area contributed by atoms with E-state index in [0.717, 1.165) is 25.2 Å². The van der Waals surface area contributed by atoms with E-state index >= 15 is 0 Å². The van der Waals surface area contributed by atoms with Crippen molar-refractivity contribution in [1.82, 2.24) is 20.2 Å². The van der Waals surface area contributed by atoms with E-state index in [-0.39, 0.29) is 11.7 Å². The molecule has 0 aliphatic rings. The van der Waals surface area contributed by atoms with E-state index < -0.39 is 0 Å². The van der Waals surface area contributed by atoms with Crippen molar-refractivity contribution in [2.75, 3.05) is 13.1 Å². The highest BCUT2D eigenvalue weighted by molar-refractivity contribution is 5.97. The summed E-state index contributed by atoms with van der Waals surface area (Å²) in [5, 5.41) is 3.02. The normalized spacial score (nSPS) is 11.6. The van der Waals surface area contributed by atoms with E-state index in [1.165, 1.54) is 5.56 Å². The Morgan fingerprint density at radius 2 is 1.90 bits per heavy atom. The lowest BCUT2D eigenvalue weighted by Gasteiger charge is -2.20. The van der Waals surface area contributed by atoms with Gasteiger partial charge in [-0.05, 0) is 42.4 Å². The molecular formula is C23H28N6O. The maximum Gasteiger partial charge on any atom is 0.251 e. The molecule has 156 valence electrons. The minimum Gasteiger partial charge on any atom is -0.381 e. The monoisotopic (exact) mass is 404 g/mol. The Bertz CT molecular complexity index is 992. The molecule has 7 nitrogen and oxygen atoms in total. The molecule has 2 aromatic carbocycles. The van der Waals surface area contributed by atoms with Crippen LogP contribution >= 0.6 is 0 Å². The number of aliphatic imine (C=N–C) groups is 1. The SMILES string of the molecule is CCN(CC)Cc1ccccc1CNC(=O)c1cccc(N=C(N)c2ncc[nH]2)c1. The number of rotatable bonds is 9. The molecule has 0 unspecified atom stereocenters. The second-order valence-electron chi connectivity index (χ2n) is 6.90. The number of aromatic amines is 1. The van der Waals surface area contributed by atoms with Crippen molar-refractivity contribution in [3.8, 4) is 0 Å². The Hall–Kier alpha value is -3.45. The quantitative estimate of drug-likeness (QED) is 0.377. The van der Waals surface area contributed by atoms with Crippen LogP contribution in [0.2, 0.25) is 0 Å². The van der Waals surface area contributed by atoms with Crippen LogP contribution in [0.5, 0.6) is 0 Å². The third kappa shape index (κ3) is 5.55. The molecular weight excluding hydrogens is 376 g/mol. The van der Waals surface area contributed by atoms with E-state index in [4.69, 9.17) is 5.73 Å². The van der Waals surface area contributed by atoms with Crippen LogP contribution in [0.15, 0.2) is 65.9 Å². The largest absolute Gasteiger partial charge is 0.381 e. The van der Waals surface area contributed by atoms with Crippen molar-refractivity contribution in [3.63, 3.8) is 0 Å². The van der Waals surface area contributed by atoms with Gasteiger partial charge >= 0.3 is 0 Å². The van der Waals surface area contributed by atoms with Gasteiger partial charge in [0, 0.05) is 31.0 Å². The molecule has 0 aliphatic heterocycles. The van der Waals surface area contributed by atoms with Gasteiger partial charge in [-0.3, -0.25) is 9.69 Å². The summed E-state index contributed by atoms with van der Waals surface area (Å²) < 4.78 is 0. The highest BCUT2D eigenvalue weighted by Crippen LogP contribution is 2.16. The Labute approximate surface area is 177 Å². The predicted molar refractivity (Wildman–Crippen MR) is 120 cm³/mol. The van der Waals surface area contributed by atoms with Crippen LogP contribution in [0.3, 0.4) is 0 Å². The number of hydrogen-bond acceptors (Lipinski definition) is 4. The van der Waals surface area contributed by atoms with Crippen molar-refractivity contribution in [1.29, 1.82) is 0 Å². The summed E-state index contributed by atoms with van der Waals surface area (Å²) in [4.78, 5) is 26.4. The fourth-order valence-electron chi connectivity index (χ4n) is 3.16. The van der Waals surface area contributed by atoms with Crippen LogP contribution in [0, 0.1) is 0 Å². The number of amidine groups is 1. The van der Waals surface area contributed by atoms with Crippen LogP contribution in [0.4, 0.5) is 5.69 Å². The number of hydrogen-bond donors (Lipinski definition) is 3. The lowest BCUT2D eigenvalue weighted by molar-refractivity contribution is 0.0950. The van der Waals surface area contributed by atoms with Gasteiger partial charge in [0.1, 0.15) is 0 Å². The fourth-order valence-corrected chi connectivity index (χ4v) is 3.16. The van der Waals surface area contributed by atoms with E-state index in [0.29, 0.717) is 23.6 Å². The molecule has 3 aromatic rings. The lowest BCUT2D eigenvalue weighted by atomic mass is 10.1. The number of nitrogens with zero attached hydrogens (tertiary/aromatic N) is 3. The molecule has 0 atom stereocenters.